The zero-order valence-corrected chi connectivity index (χ0v) is 53.0. The number of benzene rings is 6. The Morgan fingerprint density at radius 3 is 1.64 bits per heavy atom. The van der Waals surface area contributed by atoms with Crippen LogP contribution in [-0.4, -0.2) is 12.3 Å². The fraction of sp³-hybridized carbons (Fsp3) is 0.493. The van der Waals surface area contributed by atoms with Gasteiger partial charge < -0.3 is 14.7 Å². The van der Waals surface area contributed by atoms with Gasteiger partial charge in [-0.05, 0) is 219 Å². The largest absolute Gasteiger partial charge is 0.334 e. The highest BCUT2D eigenvalue weighted by atomic mass is 32.1. The van der Waals surface area contributed by atoms with Crippen LogP contribution in [0.1, 0.15) is 232 Å². The van der Waals surface area contributed by atoms with Gasteiger partial charge in [-0.1, -0.05) is 166 Å². The molecular formula is C75H90BN3S. The van der Waals surface area contributed by atoms with Crippen LogP contribution in [0.15, 0.2) is 97.1 Å². The lowest BCUT2D eigenvalue weighted by Crippen LogP contribution is -2.61. The minimum atomic E-state index is -0.121. The Morgan fingerprint density at radius 1 is 0.450 bits per heavy atom. The first-order chi connectivity index (χ1) is 37.4. The molecule has 4 aliphatic carbocycles. The molecule has 5 heteroatoms. The second kappa shape index (κ2) is 16.5. The Kier molecular flexibility index (Phi) is 10.9. The molecule has 0 amide bonds. The Bertz CT molecular complexity index is 3810. The van der Waals surface area contributed by atoms with Gasteiger partial charge in [-0.25, -0.2) is 0 Å². The van der Waals surface area contributed by atoms with E-state index in [1.54, 1.807) is 5.56 Å². The van der Waals surface area contributed by atoms with Crippen molar-refractivity contribution < 1.29 is 0 Å². The topological polar surface area (TPSA) is 9.72 Å². The van der Waals surface area contributed by atoms with Crippen LogP contribution >= 0.6 is 11.3 Å². The predicted octanol–water partition coefficient (Wildman–Crippen LogP) is 19.4. The molecule has 0 N–H and O–H groups in total. The molecule has 14 rings (SSSR count). The van der Waals surface area contributed by atoms with Crippen LogP contribution < -0.4 is 30.4 Å². The van der Waals surface area contributed by atoms with Crippen molar-refractivity contribution in [1.82, 2.24) is 0 Å². The molecule has 2 atom stereocenters. The second-order valence-electron chi connectivity index (χ2n) is 32.1. The highest BCUT2D eigenvalue weighted by Gasteiger charge is 2.58. The van der Waals surface area contributed by atoms with Crippen LogP contribution in [0.2, 0.25) is 0 Å². The minimum Gasteiger partial charge on any atom is -0.334 e. The normalized spacial score (nSPS) is 24.7. The smallest absolute Gasteiger partial charge is 0.264 e. The third kappa shape index (κ3) is 7.16. The lowest BCUT2D eigenvalue weighted by molar-refractivity contribution is 0.195. The van der Waals surface area contributed by atoms with Crippen molar-refractivity contribution >= 4 is 89.3 Å². The maximum absolute atomic E-state index is 2.87. The van der Waals surface area contributed by atoms with Gasteiger partial charge in [0.25, 0.3) is 6.71 Å². The van der Waals surface area contributed by atoms with Crippen LogP contribution in [0.5, 0.6) is 0 Å². The molecule has 7 aromatic rings. The Hall–Kier alpha value is -5.26. The third-order valence-electron chi connectivity index (χ3n) is 23.3. The summed E-state index contributed by atoms with van der Waals surface area (Å²) in [7, 11) is 0. The third-order valence-corrected chi connectivity index (χ3v) is 24.5. The molecular weight excluding hydrogens is 986 g/mol. The van der Waals surface area contributed by atoms with Crippen LogP contribution in [-0.2, 0) is 43.3 Å². The van der Waals surface area contributed by atoms with Crippen molar-refractivity contribution in [3.05, 3.63) is 147 Å². The molecule has 3 aliphatic heterocycles. The van der Waals surface area contributed by atoms with Crippen molar-refractivity contribution in [2.75, 3.05) is 14.7 Å². The maximum atomic E-state index is 2.87. The number of nitrogens with zero attached hydrogens (tertiary/aromatic N) is 3. The van der Waals surface area contributed by atoms with Crippen LogP contribution in [0, 0.1) is 6.92 Å². The molecule has 6 aromatic carbocycles. The van der Waals surface area contributed by atoms with Crippen LogP contribution in [0.25, 0.3) is 10.1 Å². The summed E-state index contributed by atoms with van der Waals surface area (Å²) in [6.07, 6.45) is 12.0. The van der Waals surface area contributed by atoms with E-state index in [2.05, 4.69) is 248 Å². The van der Waals surface area contributed by atoms with E-state index in [4.69, 9.17) is 0 Å². The van der Waals surface area contributed by atoms with Gasteiger partial charge in [0.1, 0.15) is 0 Å². The summed E-state index contributed by atoms with van der Waals surface area (Å²) in [6, 6.07) is 41.1. The average molecular weight is 1080 g/mol. The van der Waals surface area contributed by atoms with Crippen molar-refractivity contribution in [1.29, 1.82) is 0 Å². The monoisotopic (exact) mass is 1080 g/mol. The first kappa shape index (κ1) is 52.8. The Balaban J connectivity index is 1.16. The average Bonchev–Trinajstić information content (AvgIpc) is 3.91. The van der Waals surface area contributed by atoms with Gasteiger partial charge in [-0.2, -0.15) is 0 Å². The standard InChI is InChI=1S/C75H90BN3S/c1-45-37-52-55(72(13,14)35-33-69(52,7)8)43-60(45)78-59-28-25-46(67(2,3)4)38-57(59)76-64-61(40-48(41-62(64)78)79-58-24-20-19-23-51(58)74(17)29-21-22-30-75(74,79)18)77(47-26-27-50-53(39-47)70(9,10)32-31-68(50,5)6)65-49-42-54-56(44-63(49)80-66(65)76)73(15,16)36-34-71(54,11)12/h19-20,23-28,37-44H,21-22,29-36H2,1-18H3. The Labute approximate surface area is 486 Å². The van der Waals surface area contributed by atoms with Gasteiger partial charge in [0.2, 0.25) is 0 Å². The highest BCUT2D eigenvalue weighted by Crippen LogP contribution is 2.63. The summed E-state index contributed by atoms with van der Waals surface area (Å²) in [6.45, 7) is 44.9. The number of hydrogen-bond donors (Lipinski definition) is 0. The molecule has 1 aromatic heterocycles. The number of thiophene rings is 1. The zero-order valence-electron chi connectivity index (χ0n) is 52.1. The minimum absolute atomic E-state index is 0.00753. The quantitative estimate of drug-likeness (QED) is 0.163. The van der Waals surface area contributed by atoms with Gasteiger partial charge in [0, 0.05) is 60.1 Å². The number of anilines is 8. The summed E-state index contributed by atoms with van der Waals surface area (Å²) in [4.78, 5) is 8.50. The SMILES string of the molecule is Cc1cc2c(cc1N1c3ccc(C(C)(C)C)cc3B3c4sc5cc6c(cc5c4N(c4ccc5c(c4)C(C)(C)CCC5(C)C)c4cc(N5c7ccccc7C7(C)CCCCC57C)cc1c43)C(C)(C)CCC6(C)C)C(C)(C)CCC2(C)C. The molecule has 80 heavy (non-hydrogen) atoms. The molecule has 1 fully saturated rings. The van der Waals surface area contributed by atoms with Crippen LogP contribution in [0.4, 0.5) is 45.5 Å². The van der Waals surface area contributed by atoms with Gasteiger partial charge >= 0.3 is 0 Å². The number of para-hydroxylation sites is 1. The van der Waals surface area contributed by atoms with E-state index < -0.39 is 0 Å². The van der Waals surface area contributed by atoms with Crippen LogP contribution in [0.3, 0.4) is 0 Å². The van der Waals surface area contributed by atoms with Crippen molar-refractivity contribution in [3.8, 4) is 0 Å². The molecule has 2 unspecified atom stereocenters. The zero-order chi connectivity index (χ0) is 56.6. The lowest BCUT2D eigenvalue weighted by atomic mass is 9.36. The van der Waals surface area contributed by atoms with Gasteiger partial charge in [0.15, 0.2) is 0 Å². The first-order valence-corrected chi connectivity index (χ1v) is 31.9. The number of aryl methyl sites for hydroxylation is 1. The molecule has 3 nitrogen and oxygen atoms in total. The predicted molar refractivity (Wildman–Crippen MR) is 348 cm³/mol. The summed E-state index contributed by atoms with van der Waals surface area (Å²) in [5, 5.41) is 1.41. The molecule has 0 spiro atoms. The van der Waals surface area contributed by atoms with Crippen molar-refractivity contribution in [2.45, 2.75) is 238 Å². The van der Waals surface area contributed by atoms with E-state index in [0.29, 0.717) is 0 Å². The number of rotatable bonds is 3. The van der Waals surface area contributed by atoms with E-state index >= 15 is 0 Å². The highest BCUT2D eigenvalue weighted by molar-refractivity contribution is 7.33. The van der Waals surface area contributed by atoms with Crippen molar-refractivity contribution in [3.63, 3.8) is 0 Å². The Morgan fingerprint density at radius 2 is 1.00 bits per heavy atom. The molecule has 414 valence electrons. The molecule has 0 saturated heterocycles. The summed E-state index contributed by atoms with van der Waals surface area (Å²) >= 11 is 2.10. The summed E-state index contributed by atoms with van der Waals surface area (Å²) in [5.74, 6) is 0. The van der Waals surface area contributed by atoms with E-state index in [9.17, 15) is 0 Å². The van der Waals surface area contributed by atoms with Gasteiger partial charge in [-0.15, -0.1) is 11.3 Å². The van der Waals surface area contributed by atoms with Gasteiger partial charge in [-0.3, -0.25) is 0 Å². The van der Waals surface area contributed by atoms with Crippen molar-refractivity contribution in [2.24, 2.45) is 0 Å². The maximum Gasteiger partial charge on any atom is 0.264 e. The summed E-state index contributed by atoms with van der Waals surface area (Å²) in [5.41, 5.74) is 27.2. The van der Waals surface area contributed by atoms with E-state index in [1.165, 1.54) is 174 Å². The summed E-state index contributed by atoms with van der Waals surface area (Å²) < 4.78 is 2.90. The number of fused-ring (bicyclic) bond motifs is 12. The lowest BCUT2D eigenvalue weighted by Gasteiger charge is -2.51. The molecule has 4 heterocycles. The van der Waals surface area contributed by atoms with E-state index in [0.717, 1.165) is 6.42 Å². The van der Waals surface area contributed by atoms with Gasteiger partial charge in [0.05, 0.1) is 11.2 Å². The fourth-order valence-electron chi connectivity index (χ4n) is 17.4. The molecule has 1 saturated carbocycles. The van der Waals surface area contributed by atoms with E-state index in [1.807, 2.05) is 0 Å². The first-order valence-electron chi connectivity index (χ1n) is 31.1. The molecule has 0 bridgehead atoms. The second-order valence-corrected chi connectivity index (χ2v) is 33.2. The fourth-order valence-corrected chi connectivity index (χ4v) is 18.8. The molecule has 7 aliphatic rings. The van der Waals surface area contributed by atoms with E-state index in [-0.39, 0.29) is 55.6 Å². The number of hydrogen-bond acceptors (Lipinski definition) is 4. The molecule has 0 radical (unpaired) electrons.